The Hall–Kier alpha value is -2.28. The molecule has 0 atom stereocenters. The van der Waals surface area contributed by atoms with Crippen LogP contribution < -0.4 is 4.74 Å². The molecule has 0 saturated heterocycles. The van der Waals surface area contributed by atoms with Gasteiger partial charge in [-0.2, -0.15) is 0 Å². The first-order valence-corrected chi connectivity index (χ1v) is 4.41. The van der Waals surface area contributed by atoms with E-state index in [1.807, 2.05) is 11.6 Å². The van der Waals surface area contributed by atoms with Gasteiger partial charge in [-0.15, -0.1) is 0 Å². The summed E-state index contributed by atoms with van der Waals surface area (Å²) < 4.78 is 7.27. The van der Waals surface area contributed by atoms with E-state index in [9.17, 15) is 0 Å². The first-order chi connectivity index (χ1) is 7.28. The highest BCUT2D eigenvalue weighted by molar-refractivity contribution is 5.47. The molecule has 4 heteroatoms. The number of rotatable bonds is 2. The Morgan fingerprint density at radius 1 is 1.33 bits per heavy atom. The lowest BCUT2D eigenvalue weighted by molar-refractivity contribution is 0.465. The quantitative estimate of drug-likeness (QED) is 0.696. The van der Waals surface area contributed by atoms with Crippen molar-refractivity contribution in [3.63, 3.8) is 0 Å². The highest BCUT2D eigenvalue weighted by atomic mass is 16.5. The Balaban J connectivity index is 2.15. The van der Waals surface area contributed by atoms with Crippen LogP contribution in [0.15, 0.2) is 36.8 Å². The summed E-state index contributed by atoms with van der Waals surface area (Å²) in [7, 11) is 1.88. The fourth-order valence-electron chi connectivity index (χ4n) is 1.15. The summed E-state index contributed by atoms with van der Waals surface area (Å²) >= 11 is 0. The highest BCUT2D eigenvalue weighted by Gasteiger charge is 1.99. The van der Waals surface area contributed by atoms with E-state index in [0.29, 0.717) is 17.3 Å². The molecule has 0 N–H and O–H groups in total. The second-order valence-electron chi connectivity index (χ2n) is 3.09. The third-order valence-corrected chi connectivity index (χ3v) is 1.87. The lowest BCUT2D eigenvalue weighted by atomic mass is 10.3. The molecular weight excluding hydrogens is 190 g/mol. The van der Waals surface area contributed by atoms with Crippen molar-refractivity contribution in [2.24, 2.45) is 7.05 Å². The number of hydrogen-bond acceptors (Lipinski definition) is 2. The van der Waals surface area contributed by atoms with Crippen LogP contribution in [0.1, 0.15) is 0 Å². The van der Waals surface area contributed by atoms with Crippen LogP contribution in [0, 0.1) is 6.57 Å². The van der Waals surface area contributed by atoms with Gasteiger partial charge >= 0.3 is 0 Å². The second-order valence-corrected chi connectivity index (χ2v) is 3.09. The Bertz CT molecular complexity index is 493. The number of aryl methyl sites for hydroxylation is 1. The minimum absolute atomic E-state index is 0.549. The average Bonchev–Trinajstić information content (AvgIpc) is 2.65. The monoisotopic (exact) mass is 199 g/mol. The Kier molecular flexibility index (Phi) is 2.38. The molecule has 2 aromatic rings. The van der Waals surface area contributed by atoms with E-state index in [1.54, 1.807) is 36.8 Å². The maximum absolute atomic E-state index is 6.81. The van der Waals surface area contributed by atoms with Crippen LogP contribution in [-0.2, 0) is 7.05 Å². The third-order valence-electron chi connectivity index (χ3n) is 1.87. The minimum atomic E-state index is 0.549. The van der Waals surface area contributed by atoms with Gasteiger partial charge in [-0.05, 0) is 12.1 Å². The number of hydrogen-bond donors (Lipinski definition) is 0. The van der Waals surface area contributed by atoms with Crippen molar-refractivity contribution >= 4 is 5.69 Å². The van der Waals surface area contributed by atoms with Crippen molar-refractivity contribution in [2.75, 3.05) is 0 Å². The molecule has 74 valence electrons. The molecule has 0 amide bonds. The molecule has 0 radical (unpaired) electrons. The fourth-order valence-corrected chi connectivity index (χ4v) is 1.15. The zero-order valence-corrected chi connectivity index (χ0v) is 8.21. The predicted octanol–water partition coefficient (Wildman–Crippen LogP) is 2.76. The Morgan fingerprint density at radius 2 is 2.07 bits per heavy atom. The Morgan fingerprint density at radius 3 is 2.60 bits per heavy atom. The normalized spacial score (nSPS) is 9.60. The van der Waals surface area contributed by atoms with Crippen molar-refractivity contribution < 1.29 is 4.74 Å². The standard InChI is InChI=1S/C11H9N3O/c1-12-9-3-5-10(6-4-9)15-11-7-14(2)8-13-11/h3-8H,2H3. The van der Waals surface area contributed by atoms with Crippen LogP contribution in [0.4, 0.5) is 5.69 Å². The largest absolute Gasteiger partial charge is 0.438 e. The van der Waals surface area contributed by atoms with E-state index < -0.39 is 0 Å². The number of nitrogens with zero attached hydrogens (tertiary/aromatic N) is 3. The van der Waals surface area contributed by atoms with E-state index in [0.717, 1.165) is 0 Å². The molecule has 0 fully saturated rings. The number of ether oxygens (including phenoxy) is 1. The van der Waals surface area contributed by atoms with Crippen LogP contribution >= 0.6 is 0 Å². The summed E-state index contributed by atoms with van der Waals surface area (Å²) in [6.07, 6.45) is 3.45. The third kappa shape index (κ3) is 2.15. The first-order valence-electron chi connectivity index (χ1n) is 4.41. The van der Waals surface area contributed by atoms with Crippen molar-refractivity contribution in [3.8, 4) is 11.6 Å². The van der Waals surface area contributed by atoms with Gasteiger partial charge in [0.15, 0.2) is 5.69 Å². The lowest BCUT2D eigenvalue weighted by Crippen LogP contribution is -1.83. The van der Waals surface area contributed by atoms with Crippen LogP contribution in [0.3, 0.4) is 0 Å². The maximum atomic E-state index is 6.81. The lowest BCUT2D eigenvalue weighted by Gasteiger charge is -2.00. The molecule has 0 aliphatic carbocycles. The first kappa shape index (κ1) is 9.28. The summed E-state index contributed by atoms with van der Waals surface area (Å²) in [5, 5.41) is 0. The van der Waals surface area contributed by atoms with Crippen molar-refractivity contribution in [2.45, 2.75) is 0 Å². The highest BCUT2D eigenvalue weighted by Crippen LogP contribution is 2.22. The number of benzene rings is 1. The van der Waals surface area contributed by atoms with Gasteiger partial charge in [-0.3, -0.25) is 0 Å². The minimum Gasteiger partial charge on any atom is -0.438 e. The van der Waals surface area contributed by atoms with Gasteiger partial charge in [0, 0.05) is 7.05 Å². The van der Waals surface area contributed by atoms with Crippen molar-refractivity contribution in [1.29, 1.82) is 0 Å². The number of imidazole rings is 1. The molecule has 2 rings (SSSR count). The van der Waals surface area contributed by atoms with Crippen LogP contribution in [0.5, 0.6) is 11.6 Å². The van der Waals surface area contributed by atoms with E-state index in [2.05, 4.69) is 9.83 Å². The molecule has 15 heavy (non-hydrogen) atoms. The van der Waals surface area contributed by atoms with Gasteiger partial charge in [0.2, 0.25) is 5.88 Å². The summed E-state index contributed by atoms with van der Waals surface area (Å²) in [5.41, 5.74) is 0.600. The molecule has 0 saturated carbocycles. The van der Waals surface area contributed by atoms with Crippen LogP contribution in [0.2, 0.25) is 0 Å². The van der Waals surface area contributed by atoms with Gasteiger partial charge < -0.3 is 9.30 Å². The van der Waals surface area contributed by atoms with Crippen LogP contribution in [0.25, 0.3) is 4.85 Å². The molecule has 1 aromatic carbocycles. The van der Waals surface area contributed by atoms with Crippen molar-refractivity contribution in [3.05, 3.63) is 48.2 Å². The molecule has 0 bridgehead atoms. The van der Waals surface area contributed by atoms with E-state index in [1.165, 1.54) is 0 Å². The molecule has 0 aliphatic heterocycles. The van der Waals surface area contributed by atoms with Gasteiger partial charge in [-0.1, -0.05) is 12.1 Å². The second kappa shape index (κ2) is 3.84. The Labute approximate surface area is 87.6 Å². The summed E-state index contributed by atoms with van der Waals surface area (Å²) in [4.78, 5) is 7.33. The maximum Gasteiger partial charge on any atom is 0.237 e. The molecule has 0 aliphatic rings. The van der Waals surface area contributed by atoms with E-state index in [4.69, 9.17) is 11.3 Å². The smallest absolute Gasteiger partial charge is 0.237 e. The fraction of sp³-hybridized carbons (Fsp3) is 0.0909. The molecule has 1 aromatic heterocycles. The average molecular weight is 199 g/mol. The van der Waals surface area contributed by atoms with E-state index >= 15 is 0 Å². The molecule has 0 unspecified atom stereocenters. The zero-order chi connectivity index (χ0) is 10.7. The van der Waals surface area contributed by atoms with Crippen LogP contribution in [-0.4, -0.2) is 9.55 Å². The summed E-state index contributed by atoms with van der Waals surface area (Å²) in [5.74, 6) is 1.23. The topological polar surface area (TPSA) is 31.4 Å². The molecule has 1 heterocycles. The van der Waals surface area contributed by atoms with Gasteiger partial charge in [-0.25, -0.2) is 9.83 Å². The summed E-state index contributed by atoms with van der Waals surface area (Å²) in [6, 6.07) is 6.93. The predicted molar refractivity (Wildman–Crippen MR) is 56.0 cm³/mol. The van der Waals surface area contributed by atoms with E-state index in [-0.39, 0.29) is 0 Å². The van der Waals surface area contributed by atoms with Gasteiger partial charge in [0.25, 0.3) is 0 Å². The molecule has 4 nitrogen and oxygen atoms in total. The molecule has 0 spiro atoms. The van der Waals surface area contributed by atoms with Gasteiger partial charge in [0.05, 0.1) is 19.1 Å². The molecular formula is C11H9N3O. The summed E-state index contributed by atoms with van der Waals surface area (Å²) in [6.45, 7) is 6.81. The SMILES string of the molecule is [C-]#[N+]c1ccc(Oc2cn(C)cn2)cc1. The number of aromatic nitrogens is 2. The zero-order valence-electron chi connectivity index (χ0n) is 8.21. The van der Waals surface area contributed by atoms with Crippen molar-refractivity contribution in [1.82, 2.24) is 9.55 Å². The van der Waals surface area contributed by atoms with Gasteiger partial charge in [0.1, 0.15) is 5.75 Å².